The number of aryl methyl sites for hydroxylation is 4. The summed E-state index contributed by atoms with van der Waals surface area (Å²) in [5, 5.41) is 12.6. The number of benzene rings is 1. The first kappa shape index (κ1) is 15.3. The Balaban J connectivity index is 1.99. The third-order valence-corrected chi connectivity index (χ3v) is 4.35. The highest BCUT2D eigenvalue weighted by molar-refractivity contribution is 5.97. The summed E-state index contributed by atoms with van der Waals surface area (Å²) in [5.74, 6) is -1.12. The molecule has 118 valence electrons. The van der Waals surface area contributed by atoms with Crippen LogP contribution in [0.25, 0.3) is 10.9 Å². The van der Waals surface area contributed by atoms with E-state index in [1.54, 1.807) is 11.6 Å². The molecule has 0 aliphatic rings. The number of para-hydroxylation sites is 1. The molecule has 3 aromatic rings. The highest BCUT2D eigenvalue weighted by Gasteiger charge is 2.16. The molecule has 1 aromatic carbocycles. The molecule has 0 aliphatic heterocycles. The molecule has 4 heteroatoms. The van der Waals surface area contributed by atoms with E-state index in [0.717, 1.165) is 29.4 Å². The van der Waals surface area contributed by atoms with E-state index in [-0.39, 0.29) is 5.69 Å². The fourth-order valence-corrected chi connectivity index (χ4v) is 3.15. The summed E-state index contributed by atoms with van der Waals surface area (Å²) < 4.78 is 3.83. The first-order chi connectivity index (χ1) is 11.1. The van der Waals surface area contributed by atoms with E-state index in [1.165, 1.54) is 5.56 Å². The molecule has 0 saturated heterocycles. The highest BCUT2D eigenvalue weighted by Crippen LogP contribution is 2.25. The number of aromatic nitrogens is 2. The number of fused-ring (bicyclic) bond motifs is 1. The molecular formula is C19H20N2O2. The van der Waals surface area contributed by atoms with Crippen LogP contribution >= 0.6 is 0 Å². The third-order valence-electron chi connectivity index (χ3n) is 4.35. The van der Waals surface area contributed by atoms with Gasteiger partial charge in [0.25, 0.3) is 0 Å². The van der Waals surface area contributed by atoms with Crippen molar-refractivity contribution in [1.82, 2.24) is 4.57 Å². The molecule has 0 aliphatic carbocycles. The van der Waals surface area contributed by atoms with Gasteiger partial charge in [-0.3, -0.25) is 0 Å². The molecule has 0 atom stereocenters. The number of pyridine rings is 1. The number of carboxylic acids is 1. The van der Waals surface area contributed by atoms with E-state index >= 15 is 0 Å². The van der Waals surface area contributed by atoms with Crippen LogP contribution in [0.5, 0.6) is 0 Å². The Labute approximate surface area is 135 Å². The van der Waals surface area contributed by atoms with Crippen LogP contribution in [0.4, 0.5) is 0 Å². The number of carbonyl (C=O) groups is 1. The van der Waals surface area contributed by atoms with E-state index in [2.05, 4.69) is 23.8 Å². The van der Waals surface area contributed by atoms with Gasteiger partial charge in [0.05, 0.1) is 11.7 Å². The average Bonchev–Trinajstić information content (AvgIpc) is 2.86. The zero-order valence-electron chi connectivity index (χ0n) is 13.5. The normalized spacial score (nSPS) is 11.0. The van der Waals surface area contributed by atoms with Gasteiger partial charge in [0.2, 0.25) is 0 Å². The van der Waals surface area contributed by atoms with Gasteiger partial charge in [-0.25, -0.2) is 4.57 Å². The Hall–Kier alpha value is -2.62. The first-order valence-corrected chi connectivity index (χ1v) is 7.87. The Bertz CT molecular complexity index is 865. The van der Waals surface area contributed by atoms with Crippen LogP contribution in [-0.2, 0) is 26.4 Å². The second-order valence-electron chi connectivity index (χ2n) is 5.74. The molecule has 0 spiro atoms. The molecule has 0 fully saturated rings. The Kier molecular flexibility index (Phi) is 4.15. The Morgan fingerprint density at radius 3 is 2.74 bits per heavy atom. The van der Waals surface area contributed by atoms with Crippen molar-refractivity contribution in [1.29, 1.82) is 0 Å². The molecule has 2 heterocycles. The van der Waals surface area contributed by atoms with Gasteiger partial charge in [0, 0.05) is 36.0 Å². The third kappa shape index (κ3) is 2.84. The van der Waals surface area contributed by atoms with Crippen molar-refractivity contribution < 1.29 is 14.5 Å². The Morgan fingerprint density at radius 2 is 2.00 bits per heavy atom. The van der Waals surface area contributed by atoms with Crippen molar-refractivity contribution in [2.24, 2.45) is 7.05 Å². The molecule has 0 amide bonds. The van der Waals surface area contributed by atoms with Crippen molar-refractivity contribution in [2.75, 3.05) is 0 Å². The van der Waals surface area contributed by atoms with Gasteiger partial charge >= 0.3 is 0 Å². The van der Waals surface area contributed by atoms with E-state index in [9.17, 15) is 9.90 Å². The van der Waals surface area contributed by atoms with Gasteiger partial charge in [-0.05, 0) is 24.1 Å². The second-order valence-corrected chi connectivity index (χ2v) is 5.74. The zero-order chi connectivity index (χ0) is 16.4. The molecule has 3 rings (SSSR count). The number of hydrogen-bond donors (Lipinski definition) is 0. The molecule has 23 heavy (non-hydrogen) atoms. The number of rotatable bonds is 5. The monoisotopic (exact) mass is 308 g/mol. The fraction of sp³-hybridized carbons (Fsp3) is 0.263. The summed E-state index contributed by atoms with van der Waals surface area (Å²) in [6.45, 7) is 2.86. The summed E-state index contributed by atoms with van der Waals surface area (Å²) in [7, 11) is 1.78. The van der Waals surface area contributed by atoms with Crippen LogP contribution in [0.15, 0.2) is 48.8 Å². The predicted octanol–water partition coefficient (Wildman–Crippen LogP) is 1.63. The smallest absolute Gasteiger partial charge is 0.171 e. The molecule has 4 nitrogen and oxygen atoms in total. The standard InChI is InChI=1S/C19H20N2O2/c1-3-14-7-6-11-21(13-14)12-10-16-15-8-4-5-9-17(15)20(2)18(16)19(22)23/h4-9,11,13H,3,10,12H2,1-2H3. The van der Waals surface area contributed by atoms with E-state index < -0.39 is 5.97 Å². The van der Waals surface area contributed by atoms with Gasteiger partial charge in [-0.1, -0.05) is 25.1 Å². The maximum absolute atomic E-state index is 11.6. The quantitative estimate of drug-likeness (QED) is 0.673. The van der Waals surface area contributed by atoms with Gasteiger partial charge in [0.1, 0.15) is 0 Å². The number of hydrogen-bond acceptors (Lipinski definition) is 2. The van der Waals surface area contributed by atoms with Crippen LogP contribution in [0.1, 0.15) is 28.5 Å². The summed E-state index contributed by atoms with van der Waals surface area (Å²) in [6, 6.07) is 11.9. The molecule has 0 radical (unpaired) electrons. The second kappa shape index (κ2) is 6.24. The lowest BCUT2D eigenvalue weighted by Crippen LogP contribution is -2.35. The Morgan fingerprint density at radius 1 is 1.22 bits per heavy atom. The number of carbonyl (C=O) groups excluding carboxylic acids is 1. The molecular weight excluding hydrogens is 288 g/mol. The summed E-state index contributed by atoms with van der Waals surface area (Å²) >= 11 is 0. The van der Waals surface area contributed by atoms with Crippen molar-refractivity contribution in [3.8, 4) is 0 Å². The maximum atomic E-state index is 11.6. The first-order valence-electron chi connectivity index (χ1n) is 7.87. The lowest BCUT2D eigenvalue weighted by Gasteiger charge is -2.08. The average molecular weight is 308 g/mol. The van der Waals surface area contributed by atoms with Crippen LogP contribution in [0.2, 0.25) is 0 Å². The van der Waals surface area contributed by atoms with Gasteiger partial charge in [-0.2, -0.15) is 0 Å². The van der Waals surface area contributed by atoms with Crippen LogP contribution in [0, 0.1) is 0 Å². The topological polar surface area (TPSA) is 48.9 Å². The number of aromatic carboxylic acids is 1. The SMILES string of the molecule is CCc1ccc[n+](CCc2c(C(=O)[O-])n(C)c3ccccc23)c1. The van der Waals surface area contributed by atoms with E-state index in [0.29, 0.717) is 6.42 Å². The van der Waals surface area contributed by atoms with Crippen LogP contribution < -0.4 is 9.67 Å². The van der Waals surface area contributed by atoms with E-state index in [1.807, 2.05) is 36.5 Å². The number of carboxylic acid groups (broad SMARTS) is 1. The summed E-state index contributed by atoms with van der Waals surface area (Å²) in [6.07, 6.45) is 5.77. The predicted molar refractivity (Wildman–Crippen MR) is 87.0 cm³/mol. The minimum Gasteiger partial charge on any atom is -0.543 e. The fourth-order valence-electron chi connectivity index (χ4n) is 3.15. The minimum absolute atomic E-state index is 0.276. The van der Waals surface area contributed by atoms with Crippen LogP contribution in [-0.4, -0.2) is 10.5 Å². The van der Waals surface area contributed by atoms with Gasteiger partial charge in [0.15, 0.2) is 18.9 Å². The lowest BCUT2D eigenvalue weighted by molar-refractivity contribution is -0.696. The maximum Gasteiger partial charge on any atom is 0.171 e. The highest BCUT2D eigenvalue weighted by atomic mass is 16.4. The summed E-state index contributed by atoms with van der Waals surface area (Å²) in [5.41, 5.74) is 3.32. The van der Waals surface area contributed by atoms with E-state index in [4.69, 9.17) is 0 Å². The lowest BCUT2D eigenvalue weighted by atomic mass is 10.1. The summed E-state index contributed by atoms with van der Waals surface area (Å²) in [4.78, 5) is 11.6. The van der Waals surface area contributed by atoms with Crippen LogP contribution in [0.3, 0.4) is 0 Å². The van der Waals surface area contributed by atoms with Gasteiger partial charge in [-0.15, -0.1) is 0 Å². The zero-order valence-corrected chi connectivity index (χ0v) is 13.5. The van der Waals surface area contributed by atoms with Crippen molar-refractivity contribution in [3.05, 3.63) is 65.6 Å². The molecule has 2 aromatic heterocycles. The minimum atomic E-state index is -1.12. The van der Waals surface area contributed by atoms with Crippen molar-refractivity contribution >= 4 is 16.9 Å². The molecule has 0 bridgehead atoms. The number of nitrogens with zero attached hydrogens (tertiary/aromatic N) is 2. The largest absolute Gasteiger partial charge is 0.543 e. The van der Waals surface area contributed by atoms with Crippen molar-refractivity contribution in [3.63, 3.8) is 0 Å². The van der Waals surface area contributed by atoms with Crippen molar-refractivity contribution in [2.45, 2.75) is 26.3 Å². The molecule has 0 unspecified atom stereocenters. The van der Waals surface area contributed by atoms with Gasteiger partial charge < -0.3 is 14.5 Å². The molecule has 0 saturated carbocycles. The molecule has 0 N–H and O–H groups in total.